The normalized spacial score (nSPS) is 20.5. The van der Waals surface area contributed by atoms with E-state index in [4.69, 9.17) is 0 Å². The van der Waals surface area contributed by atoms with Crippen molar-refractivity contribution in [3.63, 3.8) is 0 Å². The van der Waals surface area contributed by atoms with Gasteiger partial charge >= 0.3 is 0 Å². The topological polar surface area (TPSA) is 74.6 Å². The number of rotatable bonds is 5. The number of carbonyl (C=O) groups excluding carboxylic acids is 2. The molecule has 0 radical (unpaired) electrons. The van der Waals surface area contributed by atoms with E-state index in [1.165, 1.54) is 0 Å². The SMILES string of the molecule is O=C(C(=O)c1ccccc1C1(O)CCCCC1)c1ccccc1C1(O)CCCCC1. The molecule has 4 rings (SSSR count). The lowest BCUT2D eigenvalue weighted by atomic mass is 9.75. The molecule has 0 aliphatic heterocycles. The highest BCUT2D eigenvalue weighted by atomic mass is 16.3. The first-order valence-electron chi connectivity index (χ1n) is 11.2. The van der Waals surface area contributed by atoms with Gasteiger partial charge in [-0.15, -0.1) is 0 Å². The lowest BCUT2D eigenvalue weighted by molar-refractivity contribution is -0.00196. The van der Waals surface area contributed by atoms with Crippen LogP contribution in [0.4, 0.5) is 0 Å². The summed E-state index contributed by atoms with van der Waals surface area (Å²) in [6, 6.07) is 13.9. The summed E-state index contributed by atoms with van der Waals surface area (Å²) in [5.41, 5.74) is -0.471. The van der Waals surface area contributed by atoms with Crippen LogP contribution < -0.4 is 0 Å². The van der Waals surface area contributed by atoms with Crippen LogP contribution in [0.25, 0.3) is 0 Å². The zero-order valence-electron chi connectivity index (χ0n) is 17.4. The largest absolute Gasteiger partial charge is 0.385 e. The Kier molecular flexibility index (Phi) is 5.90. The molecule has 0 spiro atoms. The van der Waals surface area contributed by atoms with Gasteiger partial charge in [0.1, 0.15) is 0 Å². The molecule has 0 bridgehead atoms. The van der Waals surface area contributed by atoms with Crippen LogP contribution in [-0.2, 0) is 11.2 Å². The molecular formula is C26H30O4. The number of carbonyl (C=O) groups is 2. The zero-order valence-corrected chi connectivity index (χ0v) is 17.4. The smallest absolute Gasteiger partial charge is 0.233 e. The fourth-order valence-electron chi connectivity index (χ4n) is 5.23. The van der Waals surface area contributed by atoms with E-state index < -0.39 is 22.8 Å². The summed E-state index contributed by atoms with van der Waals surface area (Å²) in [5.74, 6) is -1.23. The maximum absolute atomic E-state index is 13.3. The molecule has 0 amide bonds. The summed E-state index contributed by atoms with van der Waals surface area (Å²) < 4.78 is 0. The minimum absolute atomic E-state index is 0.275. The predicted molar refractivity (Wildman–Crippen MR) is 116 cm³/mol. The molecule has 0 unspecified atom stereocenters. The summed E-state index contributed by atoms with van der Waals surface area (Å²) >= 11 is 0. The van der Waals surface area contributed by atoms with Crippen LogP contribution >= 0.6 is 0 Å². The van der Waals surface area contributed by atoms with Crippen molar-refractivity contribution in [1.82, 2.24) is 0 Å². The van der Waals surface area contributed by atoms with Crippen molar-refractivity contribution in [1.29, 1.82) is 0 Å². The Labute approximate surface area is 177 Å². The van der Waals surface area contributed by atoms with Crippen LogP contribution in [0.3, 0.4) is 0 Å². The molecule has 2 aromatic rings. The second kappa shape index (κ2) is 8.44. The molecule has 0 aromatic heterocycles. The van der Waals surface area contributed by atoms with Crippen LogP contribution in [-0.4, -0.2) is 21.8 Å². The molecule has 0 atom stereocenters. The van der Waals surface area contributed by atoms with Gasteiger partial charge in [-0.3, -0.25) is 9.59 Å². The van der Waals surface area contributed by atoms with Crippen LogP contribution in [0.5, 0.6) is 0 Å². The molecule has 2 aliphatic carbocycles. The van der Waals surface area contributed by atoms with Gasteiger partial charge in [0.25, 0.3) is 0 Å². The van der Waals surface area contributed by atoms with Crippen molar-refractivity contribution in [3.05, 3.63) is 70.8 Å². The van der Waals surface area contributed by atoms with Crippen molar-refractivity contribution in [2.75, 3.05) is 0 Å². The fraction of sp³-hybridized carbons (Fsp3) is 0.462. The van der Waals surface area contributed by atoms with E-state index in [0.29, 0.717) is 36.8 Å². The maximum atomic E-state index is 13.3. The fourth-order valence-corrected chi connectivity index (χ4v) is 5.23. The monoisotopic (exact) mass is 406 g/mol. The molecule has 2 saturated carbocycles. The summed E-state index contributed by atoms with van der Waals surface area (Å²) in [4.78, 5) is 26.7. The van der Waals surface area contributed by atoms with Crippen molar-refractivity contribution < 1.29 is 19.8 Å². The Balaban J connectivity index is 1.71. The van der Waals surface area contributed by atoms with E-state index in [-0.39, 0.29) is 11.1 Å². The highest BCUT2D eigenvalue weighted by molar-refractivity contribution is 6.49. The van der Waals surface area contributed by atoms with Gasteiger partial charge in [-0.05, 0) is 36.8 Å². The first-order valence-corrected chi connectivity index (χ1v) is 11.2. The standard InChI is InChI=1S/C26H30O4/c27-23(19-11-3-5-13-21(19)25(29)15-7-1-8-16-25)24(28)20-12-4-6-14-22(20)26(30)17-9-2-10-18-26/h3-6,11-14,29-30H,1-2,7-10,15-18H2. The quantitative estimate of drug-likeness (QED) is 0.538. The summed E-state index contributed by atoms with van der Waals surface area (Å²) in [6.07, 6.45) is 8.16. The average molecular weight is 407 g/mol. The molecule has 4 heteroatoms. The van der Waals surface area contributed by atoms with E-state index in [0.717, 1.165) is 38.5 Å². The van der Waals surface area contributed by atoms with Crippen molar-refractivity contribution in [2.24, 2.45) is 0 Å². The van der Waals surface area contributed by atoms with Crippen molar-refractivity contribution in [3.8, 4) is 0 Å². The number of aliphatic hydroxyl groups is 2. The Bertz CT molecular complexity index is 856. The van der Waals surface area contributed by atoms with E-state index in [9.17, 15) is 19.8 Å². The number of hydrogen-bond acceptors (Lipinski definition) is 4. The molecule has 2 aliphatic rings. The molecule has 4 nitrogen and oxygen atoms in total. The van der Waals surface area contributed by atoms with E-state index in [2.05, 4.69) is 0 Å². The lowest BCUT2D eigenvalue weighted by Gasteiger charge is -2.34. The van der Waals surface area contributed by atoms with Gasteiger partial charge in [-0.25, -0.2) is 0 Å². The van der Waals surface area contributed by atoms with Crippen LogP contribution in [0.1, 0.15) is 96.1 Å². The third-order valence-corrected chi connectivity index (χ3v) is 6.91. The van der Waals surface area contributed by atoms with Gasteiger partial charge < -0.3 is 10.2 Å². The Morgan fingerprint density at radius 3 is 1.27 bits per heavy atom. The third-order valence-electron chi connectivity index (χ3n) is 6.91. The number of benzene rings is 2. The van der Waals surface area contributed by atoms with Crippen molar-refractivity contribution >= 4 is 11.6 Å². The molecule has 2 fully saturated rings. The molecule has 2 N–H and O–H groups in total. The van der Waals surface area contributed by atoms with Crippen LogP contribution in [0.2, 0.25) is 0 Å². The maximum Gasteiger partial charge on any atom is 0.233 e. The molecular weight excluding hydrogens is 376 g/mol. The zero-order chi connectivity index (χ0) is 21.2. The first-order chi connectivity index (χ1) is 14.4. The second-order valence-corrected chi connectivity index (χ2v) is 8.93. The van der Waals surface area contributed by atoms with Crippen LogP contribution in [0, 0.1) is 0 Å². The first kappa shape index (κ1) is 21.0. The van der Waals surface area contributed by atoms with Gasteiger partial charge in [-0.1, -0.05) is 87.1 Å². The molecule has 2 aromatic carbocycles. The van der Waals surface area contributed by atoms with Gasteiger partial charge in [0.15, 0.2) is 0 Å². The average Bonchev–Trinajstić information content (AvgIpc) is 2.79. The Hall–Kier alpha value is -2.30. The number of ketones is 2. The lowest BCUT2D eigenvalue weighted by Crippen LogP contribution is -2.33. The van der Waals surface area contributed by atoms with Crippen LogP contribution in [0.15, 0.2) is 48.5 Å². The van der Waals surface area contributed by atoms with Crippen molar-refractivity contribution in [2.45, 2.75) is 75.4 Å². The molecule has 0 heterocycles. The highest BCUT2D eigenvalue weighted by Gasteiger charge is 2.38. The minimum atomic E-state index is -1.06. The minimum Gasteiger partial charge on any atom is -0.385 e. The Morgan fingerprint density at radius 1 is 0.567 bits per heavy atom. The molecule has 158 valence electrons. The van der Waals surface area contributed by atoms with Gasteiger partial charge in [0.2, 0.25) is 11.6 Å². The van der Waals surface area contributed by atoms with Gasteiger partial charge in [-0.2, -0.15) is 0 Å². The number of hydrogen-bond donors (Lipinski definition) is 2. The third kappa shape index (κ3) is 3.86. The molecule has 0 saturated heterocycles. The van der Waals surface area contributed by atoms with E-state index in [1.807, 2.05) is 12.1 Å². The number of Topliss-reactive ketones (excluding diaryl/α,β-unsaturated/α-hetero) is 2. The summed E-state index contributed by atoms with van der Waals surface area (Å²) in [7, 11) is 0. The van der Waals surface area contributed by atoms with Gasteiger partial charge in [0, 0.05) is 11.1 Å². The van der Waals surface area contributed by atoms with E-state index >= 15 is 0 Å². The van der Waals surface area contributed by atoms with Gasteiger partial charge in [0.05, 0.1) is 11.2 Å². The second-order valence-electron chi connectivity index (χ2n) is 8.93. The summed E-state index contributed by atoms with van der Waals surface area (Å²) in [6.45, 7) is 0. The van der Waals surface area contributed by atoms with E-state index in [1.54, 1.807) is 36.4 Å². The predicted octanol–water partition coefficient (Wildman–Crippen LogP) is 5.06. The molecule has 30 heavy (non-hydrogen) atoms. The Morgan fingerprint density at radius 2 is 0.900 bits per heavy atom. The highest BCUT2D eigenvalue weighted by Crippen LogP contribution is 2.40. The summed E-state index contributed by atoms with van der Waals surface area (Å²) in [5, 5.41) is 22.4.